The summed E-state index contributed by atoms with van der Waals surface area (Å²) in [7, 11) is -4.12. The zero-order valence-electron chi connectivity index (χ0n) is 18.3. The van der Waals surface area contributed by atoms with Crippen LogP contribution in [0.3, 0.4) is 0 Å². The lowest BCUT2D eigenvalue weighted by atomic mass is 9.61. The van der Waals surface area contributed by atoms with Crippen LogP contribution in [0.25, 0.3) is 11.1 Å². The van der Waals surface area contributed by atoms with E-state index in [9.17, 15) is 22.0 Å². The molecule has 3 fully saturated rings. The van der Waals surface area contributed by atoms with E-state index in [4.69, 9.17) is 20.4 Å². The van der Waals surface area contributed by atoms with E-state index in [1.54, 1.807) is 18.2 Å². The van der Waals surface area contributed by atoms with Crippen LogP contribution in [0.4, 0.5) is 14.8 Å². The van der Waals surface area contributed by atoms with Crippen molar-refractivity contribution in [1.82, 2.24) is 15.0 Å². The van der Waals surface area contributed by atoms with Crippen molar-refractivity contribution in [3.63, 3.8) is 0 Å². The molecule has 6 rings (SSSR count). The Morgan fingerprint density at radius 2 is 1.83 bits per heavy atom. The number of rotatable bonds is 6. The molecule has 9 nitrogen and oxygen atoms in total. The second-order valence-corrected chi connectivity index (χ2v) is 11.8. The van der Waals surface area contributed by atoms with Crippen molar-refractivity contribution >= 4 is 44.6 Å². The number of hydrogen-bond donors (Lipinski definition) is 2. The van der Waals surface area contributed by atoms with Gasteiger partial charge in [0, 0.05) is 48.5 Å². The van der Waals surface area contributed by atoms with Crippen LogP contribution in [0.5, 0.6) is 0 Å². The summed E-state index contributed by atoms with van der Waals surface area (Å²) >= 11 is 6.00. The molecule has 2 aliphatic carbocycles. The first-order valence-corrected chi connectivity index (χ1v) is 13.0. The Bertz CT molecular complexity index is 1420. The molecule has 1 amide bonds. The molecule has 35 heavy (non-hydrogen) atoms. The fraction of sp³-hybridized carbons (Fsp3) is 0.455. The largest absolute Gasteiger partial charge is 0.438 e. The summed E-state index contributed by atoms with van der Waals surface area (Å²) in [5.74, 6) is -3.52. The Hall–Kier alpha value is -2.70. The molecule has 2 saturated carbocycles. The Kier molecular flexibility index (Phi) is 4.97. The second kappa shape index (κ2) is 7.65. The molecule has 0 unspecified atom stereocenters. The third-order valence-electron chi connectivity index (χ3n) is 6.84. The molecule has 3 aromatic rings. The third kappa shape index (κ3) is 4.17. The highest BCUT2D eigenvalue weighted by Crippen LogP contribution is 2.50. The highest BCUT2D eigenvalue weighted by Gasteiger charge is 2.54. The van der Waals surface area contributed by atoms with Gasteiger partial charge >= 0.3 is 0 Å². The Morgan fingerprint density at radius 3 is 2.54 bits per heavy atom. The molecule has 0 atom stereocenters. The number of furan rings is 1. The molecule has 13 heteroatoms. The first kappa shape index (κ1) is 22.7. The predicted octanol–water partition coefficient (Wildman–Crippen LogP) is 3.55. The molecular weight excluding hydrogens is 506 g/mol. The minimum atomic E-state index is -4.12. The quantitative estimate of drug-likeness (QED) is 0.504. The molecule has 1 aliphatic heterocycles. The zero-order chi connectivity index (χ0) is 24.6. The van der Waals surface area contributed by atoms with Crippen molar-refractivity contribution in [2.24, 2.45) is 5.41 Å². The van der Waals surface area contributed by atoms with Gasteiger partial charge in [-0.2, -0.15) is 4.98 Å². The Balaban J connectivity index is 1.00. The summed E-state index contributed by atoms with van der Waals surface area (Å²) in [6.07, 6.45) is 0.430. The molecule has 0 bridgehead atoms. The van der Waals surface area contributed by atoms with E-state index >= 15 is 0 Å². The average Bonchev–Trinajstić information content (AvgIpc) is 3.34. The topological polar surface area (TPSA) is 118 Å². The van der Waals surface area contributed by atoms with Gasteiger partial charge in [-0.3, -0.25) is 4.79 Å². The van der Waals surface area contributed by atoms with Gasteiger partial charge in [-0.05, 0) is 43.2 Å². The van der Waals surface area contributed by atoms with E-state index in [0.717, 1.165) is 32.0 Å². The van der Waals surface area contributed by atoms with Gasteiger partial charge in [-0.1, -0.05) is 11.6 Å². The van der Waals surface area contributed by atoms with Gasteiger partial charge in [0.2, 0.25) is 5.09 Å². The van der Waals surface area contributed by atoms with Gasteiger partial charge in [-0.25, -0.2) is 21.9 Å². The first-order chi connectivity index (χ1) is 16.5. The summed E-state index contributed by atoms with van der Waals surface area (Å²) < 4.78 is 63.7. The lowest BCUT2D eigenvalue weighted by molar-refractivity contribution is -0.0877. The standard InChI is InChI=1S/C22H21ClF2N4O5S/c23-12-1-2-16-15(5-12)27-20(34-16)29-10-21(11-29)6-13(7-21)26-19(30)17-3-4-18(33-17)35(31,32)28-14-8-22(24,25)9-14/h1-5,13-14,28H,6-11H2,(H,26,30). The highest BCUT2D eigenvalue weighted by molar-refractivity contribution is 7.89. The van der Waals surface area contributed by atoms with Crippen molar-refractivity contribution < 1.29 is 30.8 Å². The van der Waals surface area contributed by atoms with E-state index in [1.165, 1.54) is 6.07 Å². The number of anilines is 1. The normalized spacial score (nSPS) is 21.5. The van der Waals surface area contributed by atoms with Crippen molar-refractivity contribution in [2.75, 3.05) is 18.0 Å². The molecule has 1 aromatic carbocycles. The van der Waals surface area contributed by atoms with Crippen LogP contribution in [-0.4, -0.2) is 50.4 Å². The monoisotopic (exact) mass is 526 g/mol. The average molecular weight is 527 g/mol. The summed E-state index contributed by atoms with van der Waals surface area (Å²) in [6, 6.07) is 7.33. The maximum atomic E-state index is 13.0. The molecule has 186 valence electrons. The van der Waals surface area contributed by atoms with Crippen LogP contribution in [0.2, 0.25) is 5.02 Å². The minimum Gasteiger partial charge on any atom is -0.438 e. The Morgan fingerprint density at radius 1 is 1.09 bits per heavy atom. The van der Waals surface area contributed by atoms with Crippen molar-refractivity contribution in [3.8, 4) is 0 Å². The van der Waals surface area contributed by atoms with Crippen LogP contribution < -0.4 is 14.9 Å². The zero-order valence-corrected chi connectivity index (χ0v) is 19.8. The molecule has 0 radical (unpaired) electrons. The van der Waals surface area contributed by atoms with Gasteiger partial charge in [-0.15, -0.1) is 0 Å². The number of carbonyl (C=O) groups is 1. The maximum absolute atomic E-state index is 13.0. The molecule has 3 aliphatic rings. The van der Waals surface area contributed by atoms with E-state index in [0.29, 0.717) is 22.1 Å². The number of carbonyl (C=O) groups excluding carboxylic acids is 1. The number of amides is 1. The number of alkyl halides is 2. The summed E-state index contributed by atoms with van der Waals surface area (Å²) in [5, 5.41) is 2.98. The van der Waals surface area contributed by atoms with Gasteiger partial charge in [0.05, 0.1) is 0 Å². The molecule has 1 spiro atoms. The van der Waals surface area contributed by atoms with Gasteiger partial charge in [0.25, 0.3) is 27.9 Å². The fourth-order valence-electron chi connectivity index (χ4n) is 5.13. The fourth-order valence-corrected chi connectivity index (χ4v) is 6.47. The lowest BCUT2D eigenvalue weighted by Crippen LogP contribution is -2.66. The van der Waals surface area contributed by atoms with Crippen molar-refractivity contribution in [3.05, 3.63) is 41.1 Å². The smallest absolute Gasteiger partial charge is 0.298 e. The van der Waals surface area contributed by atoms with Crippen LogP contribution in [0.1, 0.15) is 36.2 Å². The molecule has 2 aromatic heterocycles. The van der Waals surface area contributed by atoms with Gasteiger partial charge in [0.15, 0.2) is 11.3 Å². The number of sulfonamides is 1. The lowest BCUT2D eigenvalue weighted by Gasteiger charge is -2.58. The number of halogens is 3. The summed E-state index contributed by atoms with van der Waals surface area (Å²) in [6.45, 7) is 1.52. The van der Waals surface area contributed by atoms with E-state index in [-0.39, 0.29) is 17.2 Å². The predicted molar refractivity (Wildman–Crippen MR) is 121 cm³/mol. The summed E-state index contributed by atoms with van der Waals surface area (Å²) in [5.41, 5.74) is 1.44. The number of nitrogens with one attached hydrogen (secondary N) is 2. The third-order valence-corrected chi connectivity index (χ3v) is 8.47. The SMILES string of the molecule is O=C(NC1CC2(C1)CN(c1nc3cc(Cl)ccc3o1)C2)c1ccc(S(=O)(=O)NC2CC(F)(F)C2)o1. The van der Waals surface area contributed by atoms with Crippen molar-refractivity contribution in [2.45, 2.75) is 48.8 Å². The molecule has 2 N–H and O–H groups in total. The van der Waals surface area contributed by atoms with Crippen LogP contribution >= 0.6 is 11.6 Å². The number of aromatic nitrogens is 1. The van der Waals surface area contributed by atoms with E-state index < -0.39 is 45.8 Å². The van der Waals surface area contributed by atoms with Crippen LogP contribution in [0.15, 0.2) is 44.3 Å². The number of hydrogen-bond acceptors (Lipinski definition) is 7. The molecule has 3 heterocycles. The maximum Gasteiger partial charge on any atom is 0.298 e. The molecule has 1 saturated heterocycles. The Labute approximate surface area is 203 Å². The van der Waals surface area contributed by atoms with Gasteiger partial charge in [0.1, 0.15) is 5.52 Å². The highest BCUT2D eigenvalue weighted by atomic mass is 35.5. The first-order valence-electron chi connectivity index (χ1n) is 11.1. The van der Waals surface area contributed by atoms with Gasteiger partial charge < -0.3 is 19.1 Å². The molecular formula is C22H21ClF2N4O5S. The van der Waals surface area contributed by atoms with E-state index in [2.05, 4.69) is 15.0 Å². The minimum absolute atomic E-state index is 0.0624. The number of oxazole rings is 1. The number of fused-ring (bicyclic) bond motifs is 1. The second-order valence-electron chi connectivity index (χ2n) is 9.74. The number of benzene rings is 1. The van der Waals surface area contributed by atoms with Crippen LogP contribution in [0, 0.1) is 5.41 Å². The van der Waals surface area contributed by atoms with Crippen molar-refractivity contribution in [1.29, 1.82) is 0 Å². The summed E-state index contributed by atoms with van der Waals surface area (Å²) in [4.78, 5) is 19.1. The van der Waals surface area contributed by atoms with E-state index in [1.807, 2.05) is 4.90 Å². The number of nitrogens with zero attached hydrogens (tertiary/aromatic N) is 2. The van der Waals surface area contributed by atoms with Crippen LogP contribution in [-0.2, 0) is 10.0 Å².